The second kappa shape index (κ2) is 10.8. The molecule has 0 atom stereocenters. The minimum Gasteiger partial charge on any atom is -0.331 e. The van der Waals surface area contributed by atoms with Crippen LogP contribution in [0.3, 0.4) is 0 Å². The number of halogens is 1. The van der Waals surface area contributed by atoms with Crippen LogP contribution in [-0.4, -0.2) is 44.9 Å². The van der Waals surface area contributed by atoms with E-state index in [0.29, 0.717) is 18.7 Å². The number of hydrogen-bond donors (Lipinski definition) is 0. The van der Waals surface area contributed by atoms with Gasteiger partial charge < -0.3 is 9.47 Å². The summed E-state index contributed by atoms with van der Waals surface area (Å²) in [4.78, 5) is 22.3. The molecule has 0 bridgehead atoms. The molecule has 2 heterocycles. The molecule has 0 radical (unpaired) electrons. The number of hydrogen-bond acceptors (Lipinski definition) is 3. The number of rotatable bonds is 9. The summed E-state index contributed by atoms with van der Waals surface area (Å²) in [6.45, 7) is 9.02. The Morgan fingerprint density at radius 1 is 1.12 bits per heavy atom. The molecule has 0 saturated heterocycles. The van der Waals surface area contributed by atoms with E-state index in [1.807, 2.05) is 6.92 Å². The van der Waals surface area contributed by atoms with Crippen LogP contribution in [0, 0.1) is 5.82 Å². The topological polar surface area (TPSA) is 41.4 Å². The molecule has 0 unspecified atom stereocenters. The van der Waals surface area contributed by atoms with Crippen molar-refractivity contribution < 1.29 is 9.18 Å². The van der Waals surface area contributed by atoms with E-state index in [1.54, 1.807) is 17.0 Å². The van der Waals surface area contributed by atoms with Crippen LogP contribution in [0.25, 0.3) is 11.0 Å². The fourth-order valence-corrected chi connectivity index (χ4v) is 4.51. The minimum atomic E-state index is -0.396. The molecule has 2 aromatic carbocycles. The van der Waals surface area contributed by atoms with Crippen molar-refractivity contribution in [3.63, 3.8) is 0 Å². The Morgan fingerprint density at radius 3 is 2.73 bits per heavy atom. The van der Waals surface area contributed by atoms with Crippen LogP contribution in [0.5, 0.6) is 0 Å². The third-order valence-electron chi connectivity index (χ3n) is 6.07. The molecule has 4 rings (SSSR count). The van der Waals surface area contributed by atoms with E-state index in [0.717, 1.165) is 62.3 Å². The quantitative estimate of drug-likeness (QED) is 0.412. The van der Waals surface area contributed by atoms with Crippen molar-refractivity contribution in [2.45, 2.75) is 52.7 Å². The summed E-state index contributed by atoms with van der Waals surface area (Å²) in [6.07, 6.45) is 7.37. The molecule has 174 valence electrons. The smallest absolute Gasteiger partial charge is 0.254 e. The van der Waals surface area contributed by atoms with E-state index in [2.05, 4.69) is 46.7 Å². The molecule has 0 fully saturated rings. The lowest BCUT2D eigenvalue weighted by Crippen LogP contribution is -2.32. The Morgan fingerprint density at radius 2 is 2.00 bits per heavy atom. The first kappa shape index (κ1) is 23.2. The van der Waals surface area contributed by atoms with Gasteiger partial charge >= 0.3 is 0 Å². The number of benzene rings is 2. The minimum absolute atomic E-state index is 0.162. The van der Waals surface area contributed by atoms with Crippen LogP contribution in [0.2, 0.25) is 0 Å². The van der Waals surface area contributed by atoms with Gasteiger partial charge in [0.05, 0.1) is 17.6 Å². The third-order valence-corrected chi connectivity index (χ3v) is 6.07. The van der Waals surface area contributed by atoms with Gasteiger partial charge in [-0.3, -0.25) is 9.69 Å². The largest absolute Gasteiger partial charge is 0.331 e. The van der Waals surface area contributed by atoms with E-state index in [-0.39, 0.29) is 5.91 Å². The highest BCUT2D eigenvalue weighted by Gasteiger charge is 2.20. The molecule has 6 heteroatoms. The highest BCUT2D eigenvalue weighted by Crippen LogP contribution is 2.22. The van der Waals surface area contributed by atoms with Gasteiger partial charge in [0.25, 0.3) is 5.91 Å². The first-order valence-electron chi connectivity index (χ1n) is 12.0. The second-order valence-corrected chi connectivity index (χ2v) is 8.73. The Bertz CT molecular complexity index is 1140. The van der Waals surface area contributed by atoms with Crippen LogP contribution >= 0.6 is 0 Å². The average Bonchev–Trinajstić information content (AvgIpc) is 3.15. The first-order chi connectivity index (χ1) is 16.1. The monoisotopic (exact) mass is 448 g/mol. The molecule has 5 nitrogen and oxygen atoms in total. The maximum atomic E-state index is 13.7. The first-order valence-corrected chi connectivity index (χ1v) is 12.0. The van der Waals surface area contributed by atoms with Crippen LogP contribution in [-0.2, 0) is 19.6 Å². The predicted molar refractivity (Wildman–Crippen MR) is 130 cm³/mol. The lowest BCUT2D eigenvalue weighted by molar-refractivity contribution is 0.0736. The van der Waals surface area contributed by atoms with Crippen molar-refractivity contribution in [1.29, 1.82) is 0 Å². The zero-order chi connectivity index (χ0) is 23.2. The molecule has 0 saturated carbocycles. The number of aryl methyl sites for hydroxylation is 1. The Hall–Kier alpha value is -2.99. The zero-order valence-corrected chi connectivity index (χ0v) is 19.6. The molecule has 3 aromatic rings. The normalized spacial score (nSPS) is 14.2. The van der Waals surface area contributed by atoms with Gasteiger partial charge in [-0.25, -0.2) is 9.37 Å². The van der Waals surface area contributed by atoms with Crippen molar-refractivity contribution in [3.8, 4) is 0 Å². The van der Waals surface area contributed by atoms with E-state index in [1.165, 1.54) is 17.7 Å². The fraction of sp³-hybridized carbons (Fsp3) is 0.407. The molecule has 1 aromatic heterocycles. The Balaban J connectivity index is 1.62. The molecule has 1 aliphatic rings. The van der Waals surface area contributed by atoms with Crippen molar-refractivity contribution >= 4 is 16.9 Å². The van der Waals surface area contributed by atoms with Gasteiger partial charge in [0.15, 0.2) is 0 Å². The SMILES string of the molecule is CCCN(Cc1nc2cc(CN3CC=CCC3)ccc2n1CCC)C(=O)c1cccc(F)c1. The summed E-state index contributed by atoms with van der Waals surface area (Å²) in [5.74, 6) is 0.320. The van der Waals surface area contributed by atoms with E-state index < -0.39 is 5.82 Å². The van der Waals surface area contributed by atoms with E-state index in [4.69, 9.17) is 4.98 Å². The van der Waals surface area contributed by atoms with Gasteiger partial charge in [0, 0.05) is 38.3 Å². The van der Waals surface area contributed by atoms with Crippen molar-refractivity contribution in [2.75, 3.05) is 19.6 Å². The third kappa shape index (κ3) is 5.50. The van der Waals surface area contributed by atoms with Crippen LogP contribution in [0.1, 0.15) is 54.9 Å². The number of nitrogens with zero attached hydrogens (tertiary/aromatic N) is 4. The highest BCUT2D eigenvalue weighted by molar-refractivity contribution is 5.94. The van der Waals surface area contributed by atoms with E-state index in [9.17, 15) is 9.18 Å². The van der Waals surface area contributed by atoms with Crippen LogP contribution < -0.4 is 0 Å². The summed E-state index contributed by atoms with van der Waals surface area (Å²) >= 11 is 0. The lowest BCUT2D eigenvalue weighted by atomic mass is 10.1. The zero-order valence-electron chi connectivity index (χ0n) is 19.6. The summed E-state index contributed by atoms with van der Waals surface area (Å²) < 4.78 is 15.9. The van der Waals surface area contributed by atoms with Gasteiger partial charge in [0.1, 0.15) is 11.6 Å². The maximum absolute atomic E-state index is 13.7. The predicted octanol–water partition coefficient (Wildman–Crippen LogP) is 5.40. The molecule has 1 amide bonds. The van der Waals surface area contributed by atoms with Crippen LogP contribution in [0.4, 0.5) is 4.39 Å². The summed E-state index contributed by atoms with van der Waals surface area (Å²) in [5.41, 5.74) is 3.70. The molecule has 33 heavy (non-hydrogen) atoms. The molecular formula is C27H33FN4O. The summed E-state index contributed by atoms with van der Waals surface area (Å²) in [7, 11) is 0. The highest BCUT2D eigenvalue weighted by atomic mass is 19.1. The maximum Gasteiger partial charge on any atom is 0.254 e. The summed E-state index contributed by atoms with van der Waals surface area (Å²) in [6, 6.07) is 12.5. The van der Waals surface area contributed by atoms with Crippen LogP contribution in [0.15, 0.2) is 54.6 Å². The number of amides is 1. The van der Waals surface area contributed by atoms with Crippen molar-refractivity contribution in [2.24, 2.45) is 0 Å². The number of imidazole rings is 1. The van der Waals surface area contributed by atoms with Gasteiger partial charge in [-0.05, 0) is 55.2 Å². The van der Waals surface area contributed by atoms with Crippen molar-refractivity contribution in [1.82, 2.24) is 19.4 Å². The number of aromatic nitrogens is 2. The Kier molecular flexibility index (Phi) is 7.55. The van der Waals surface area contributed by atoms with Gasteiger partial charge in [-0.2, -0.15) is 0 Å². The van der Waals surface area contributed by atoms with E-state index >= 15 is 0 Å². The van der Waals surface area contributed by atoms with Gasteiger partial charge in [-0.15, -0.1) is 0 Å². The second-order valence-electron chi connectivity index (χ2n) is 8.73. The number of carbonyl (C=O) groups is 1. The Labute approximate surface area is 195 Å². The molecule has 1 aliphatic heterocycles. The standard InChI is InChI=1S/C27H33FN4O/c1-3-13-31(27(33)22-9-8-10-23(28)18-22)20-26-29-24-17-21(19-30-15-6-5-7-16-30)11-12-25(24)32(26)14-4-2/h5-6,8-12,17-18H,3-4,7,13-16,19-20H2,1-2H3. The fourth-order valence-electron chi connectivity index (χ4n) is 4.51. The average molecular weight is 449 g/mol. The molecule has 0 spiro atoms. The summed E-state index contributed by atoms with van der Waals surface area (Å²) in [5, 5.41) is 0. The number of carbonyl (C=O) groups excluding carboxylic acids is 1. The lowest BCUT2D eigenvalue weighted by Gasteiger charge is -2.23. The molecule has 0 N–H and O–H groups in total. The van der Waals surface area contributed by atoms with Gasteiger partial charge in [0.2, 0.25) is 0 Å². The van der Waals surface area contributed by atoms with Gasteiger partial charge in [-0.1, -0.05) is 38.1 Å². The molecular weight excluding hydrogens is 415 g/mol. The van der Waals surface area contributed by atoms with Crippen molar-refractivity contribution in [3.05, 3.63) is 77.4 Å². The number of fused-ring (bicyclic) bond motifs is 1. The molecule has 0 aliphatic carbocycles.